The molecule has 2 saturated heterocycles. The van der Waals surface area contributed by atoms with Gasteiger partial charge in [-0.05, 0) is 43.3 Å². The average molecular weight is 397 g/mol. The monoisotopic (exact) mass is 397 g/mol. The molecule has 29 heavy (non-hydrogen) atoms. The number of amides is 3. The fourth-order valence-electron chi connectivity index (χ4n) is 3.42. The van der Waals surface area contributed by atoms with Crippen LogP contribution in [0.25, 0.3) is 0 Å². The van der Waals surface area contributed by atoms with Gasteiger partial charge >= 0.3 is 11.8 Å². The number of hydrogen-bond donors (Lipinski definition) is 2. The lowest BCUT2D eigenvalue weighted by molar-refractivity contribution is -0.163. The van der Waals surface area contributed by atoms with Crippen molar-refractivity contribution >= 4 is 29.1 Å². The Labute approximate surface area is 166 Å². The average Bonchev–Trinajstić information content (AvgIpc) is 3.12. The Morgan fingerprint density at radius 1 is 1.03 bits per heavy atom. The molecule has 0 radical (unpaired) electrons. The van der Waals surface area contributed by atoms with Crippen LogP contribution in [0.15, 0.2) is 48.5 Å². The third kappa shape index (κ3) is 3.77. The van der Waals surface area contributed by atoms with E-state index in [1.54, 1.807) is 24.3 Å². The number of anilines is 2. The maximum atomic E-state index is 13.2. The van der Waals surface area contributed by atoms with Crippen molar-refractivity contribution in [3.8, 4) is 0 Å². The van der Waals surface area contributed by atoms with Gasteiger partial charge < -0.3 is 10.2 Å². The summed E-state index contributed by atoms with van der Waals surface area (Å²) < 4.78 is 13.2. The largest absolute Gasteiger partial charge is 0.336 e. The maximum Gasteiger partial charge on any atom is 0.326 e. The number of hydrogen-bond acceptors (Lipinski definition) is 5. The zero-order valence-corrected chi connectivity index (χ0v) is 15.8. The molecule has 4 rings (SSSR count). The van der Waals surface area contributed by atoms with E-state index in [1.165, 1.54) is 17.0 Å². The number of nitrogens with zero attached hydrogens (tertiary/aromatic N) is 3. The second-order valence-electron chi connectivity index (χ2n) is 6.98. The smallest absolute Gasteiger partial charge is 0.326 e. The van der Waals surface area contributed by atoms with Crippen LogP contribution in [0.1, 0.15) is 5.56 Å². The van der Waals surface area contributed by atoms with Gasteiger partial charge in [-0.15, -0.1) is 0 Å². The summed E-state index contributed by atoms with van der Waals surface area (Å²) in [4.78, 5) is 40.5. The first kappa shape index (κ1) is 18.9. The molecule has 2 aliphatic rings. The van der Waals surface area contributed by atoms with Gasteiger partial charge in [0.05, 0.1) is 0 Å². The summed E-state index contributed by atoms with van der Waals surface area (Å²) in [6.07, 6.45) is -0.627. The number of carbonyl (C=O) groups excluding carboxylic acids is 3. The van der Waals surface area contributed by atoms with E-state index in [1.807, 2.05) is 24.0 Å². The zero-order chi connectivity index (χ0) is 20.5. The van der Waals surface area contributed by atoms with Crippen LogP contribution in [0.5, 0.6) is 0 Å². The Balaban J connectivity index is 1.47. The summed E-state index contributed by atoms with van der Waals surface area (Å²) in [5.74, 6) is -2.26. The van der Waals surface area contributed by atoms with Crippen molar-refractivity contribution in [2.45, 2.75) is 13.2 Å². The second-order valence-corrected chi connectivity index (χ2v) is 6.98. The van der Waals surface area contributed by atoms with E-state index in [0.717, 1.165) is 10.6 Å². The van der Waals surface area contributed by atoms with Crippen molar-refractivity contribution < 1.29 is 18.8 Å². The number of hydrazine groups is 1. The van der Waals surface area contributed by atoms with Crippen LogP contribution < -0.4 is 15.6 Å². The van der Waals surface area contributed by atoms with Gasteiger partial charge in [-0.25, -0.2) is 4.39 Å². The van der Waals surface area contributed by atoms with Crippen LogP contribution in [0.4, 0.5) is 15.8 Å². The molecule has 8 nitrogen and oxygen atoms in total. The van der Waals surface area contributed by atoms with Crippen LogP contribution in [-0.4, -0.2) is 53.6 Å². The minimum atomic E-state index is -0.790. The minimum Gasteiger partial charge on any atom is -0.336 e. The summed E-state index contributed by atoms with van der Waals surface area (Å²) in [6.45, 7) is 2.45. The van der Waals surface area contributed by atoms with Crippen LogP contribution in [-0.2, 0) is 14.4 Å². The molecule has 150 valence electrons. The Bertz CT molecular complexity index is 948. The van der Waals surface area contributed by atoms with Crippen LogP contribution >= 0.6 is 0 Å². The van der Waals surface area contributed by atoms with Crippen molar-refractivity contribution in [1.82, 2.24) is 15.3 Å². The summed E-state index contributed by atoms with van der Waals surface area (Å²) in [5.41, 5.74) is 5.31. The lowest BCUT2D eigenvalue weighted by atomic mass is 10.2. The number of rotatable bonds is 4. The van der Waals surface area contributed by atoms with Gasteiger partial charge in [0.25, 0.3) is 0 Å². The van der Waals surface area contributed by atoms with E-state index in [4.69, 9.17) is 0 Å². The van der Waals surface area contributed by atoms with Gasteiger partial charge in [0.1, 0.15) is 12.4 Å². The van der Waals surface area contributed by atoms with E-state index in [0.29, 0.717) is 24.5 Å². The maximum absolute atomic E-state index is 13.2. The summed E-state index contributed by atoms with van der Waals surface area (Å²) in [5, 5.41) is 3.73. The molecule has 2 heterocycles. The third-order valence-corrected chi connectivity index (χ3v) is 4.93. The summed E-state index contributed by atoms with van der Waals surface area (Å²) >= 11 is 0. The van der Waals surface area contributed by atoms with Gasteiger partial charge in [-0.2, -0.15) is 5.43 Å². The molecule has 0 aliphatic carbocycles. The molecule has 2 aromatic carbocycles. The summed E-state index contributed by atoms with van der Waals surface area (Å²) in [7, 11) is 0. The fourth-order valence-corrected chi connectivity index (χ4v) is 3.42. The topological polar surface area (TPSA) is 85.0 Å². The first-order chi connectivity index (χ1) is 13.9. The normalized spacial score (nSPS) is 18.8. The number of nitrogens with one attached hydrogen (secondary N) is 2. The highest BCUT2D eigenvalue weighted by Crippen LogP contribution is 2.25. The molecule has 2 fully saturated rings. The fraction of sp³-hybridized carbons (Fsp3) is 0.250. The Hall–Kier alpha value is -3.46. The lowest BCUT2D eigenvalue weighted by Crippen LogP contribution is -2.68. The number of fused-ring (bicyclic) bond motifs is 1. The van der Waals surface area contributed by atoms with E-state index in [9.17, 15) is 18.8 Å². The highest BCUT2D eigenvalue weighted by Gasteiger charge is 2.45. The SMILES string of the molecule is Cc1ccc(NC(=O)CN2NC3N(CCN3c3ccc(F)cc3)C(=O)C2=O)cc1. The predicted molar refractivity (Wildman–Crippen MR) is 104 cm³/mol. The molecule has 0 aromatic heterocycles. The molecule has 2 aromatic rings. The molecule has 0 spiro atoms. The Morgan fingerprint density at radius 2 is 1.69 bits per heavy atom. The first-order valence-corrected chi connectivity index (χ1v) is 9.20. The molecule has 0 bridgehead atoms. The molecular formula is C20H20FN5O3. The van der Waals surface area contributed by atoms with E-state index >= 15 is 0 Å². The zero-order valence-electron chi connectivity index (χ0n) is 15.8. The number of aryl methyl sites for hydroxylation is 1. The van der Waals surface area contributed by atoms with Gasteiger partial charge in [-0.1, -0.05) is 17.7 Å². The third-order valence-electron chi connectivity index (χ3n) is 4.93. The highest BCUT2D eigenvalue weighted by molar-refractivity contribution is 6.35. The Kier molecular flexibility index (Phi) is 4.89. The van der Waals surface area contributed by atoms with E-state index in [-0.39, 0.29) is 12.4 Å². The van der Waals surface area contributed by atoms with Gasteiger partial charge in [-0.3, -0.25) is 24.3 Å². The van der Waals surface area contributed by atoms with Gasteiger partial charge in [0.15, 0.2) is 6.29 Å². The molecule has 0 saturated carbocycles. The first-order valence-electron chi connectivity index (χ1n) is 9.20. The molecular weight excluding hydrogens is 377 g/mol. The Morgan fingerprint density at radius 3 is 2.38 bits per heavy atom. The van der Waals surface area contributed by atoms with Gasteiger partial charge in [0.2, 0.25) is 5.91 Å². The van der Waals surface area contributed by atoms with Crippen molar-refractivity contribution in [2.24, 2.45) is 0 Å². The van der Waals surface area contributed by atoms with Gasteiger partial charge in [0, 0.05) is 24.5 Å². The van der Waals surface area contributed by atoms with E-state index < -0.39 is 24.0 Å². The number of carbonyl (C=O) groups is 3. The van der Waals surface area contributed by atoms with Crippen LogP contribution in [0.2, 0.25) is 0 Å². The second kappa shape index (κ2) is 7.51. The van der Waals surface area contributed by atoms with Crippen LogP contribution in [0.3, 0.4) is 0 Å². The lowest BCUT2D eigenvalue weighted by Gasteiger charge is -2.40. The summed E-state index contributed by atoms with van der Waals surface area (Å²) in [6, 6.07) is 13.1. The number of benzene rings is 2. The minimum absolute atomic E-state index is 0.319. The van der Waals surface area contributed by atoms with Crippen molar-refractivity contribution in [3.05, 3.63) is 59.9 Å². The molecule has 3 amide bonds. The highest BCUT2D eigenvalue weighted by atomic mass is 19.1. The van der Waals surface area contributed by atoms with Crippen molar-refractivity contribution in [3.63, 3.8) is 0 Å². The molecule has 1 unspecified atom stereocenters. The van der Waals surface area contributed by atoms with E-state index in [2.05, 4.69) is 10.7 Å². The molecule has 1 atom stereocenters. The van der Waals surface area contributed by atoms with Crippen molar-refractivity contribution in [1.29, 1.82) is 0 Å². The molecule has 2 aliphatic heterocycles. The van der Waals surface area contributed by atoms with Crippen molar-refractivity contribution in [2.75, 3.05) is 29.9 Å². The predicted octanol–water partition coefficient (Wildman–Crippen LogP) is 1.05. The molecule has 2 N–H and O–H groups in total. The standard InChI is InChI=1S/C20H20FN5O3/c1-13-2-6-15(7-3-13)22-17(27)12-26-19(29)18(28)25-11-10-24(20(25)23-26)16-8-4-14(21)5-9-16/h2-9,20,23H,10-12H2,1H3,(H,22,27). The number of halogens is 1. The van der Waals surface area contributed by atoms with Crippen LogP contribution in [0, 0.1) is 12.7 Å². The molecule has 9 heteroatoms. The quantitative estimate of drug-likeness (QED) is 0.754.